The maximum absolute atomic E-state index is 13.9. The molecule has 1 aromatic carbocycles. The molecule has 3 heterocycles. The highest BCUT2D eigenvalue weighted by molar-refractivity contribution is 6.04. The molecule has 0 spiro atoms. The molecule has 0 fully saturated rings. The Morgan fingerprint density at radius 1 is 1.24 bits per heavy atom. The van der Waals surface area contributed by atoms with Crippen LogP contribution in [0.5, 0.6) is 5.75 Å². The number of amides is 2. The Labute approximate surface area is 162 Å². The van der Waals surface area contributed by atoms with Gasteiger partial charge in [-0.1, -0.05) is 12.1 Å². The van der Waals surface area contributed by atoms with Gasteiger partial charge in [0, 0.05) is 19.4 Å². The Bertz CT molecular complexity index is 1100. The number of halogens is 3. The Kier molecular flexibility index (Phi) is 4.36. The number of anilines is 1. The quantitative estimate of drug-likeness (QED) is 0.611. The normalized spacial score (nSPS) is 16.9. The molecule has 0 radical (unpaired) electrons. The van der Waals surface area contributed by atoms with Crippen molar-refractivity contribution in [3.8, 4) is 5.75 Å². The molecule has 150 valence electrons. The van der Waals surface area contributed by atoms with Crippen molar-refractivity contribution in [1.82, 2.24) is 19.3 Å². The zero-order chi connectivity index (χ0) is 20.8. The van der Waals surface area contributed by atoms with E-state index in [9.17, 15) is 22.8 Å². The van der Waals surface area contributed by atoms with Crippen LogP contribution < -0.4 is 9.64 Å². The van der Waals surface area contributed by atoms with Gasteiger partial charge in [0.2, 0.25) is 0 Å². The minimum Gasteiger partial charge on any atom is -0.489 e. The molecule has 2 amide bonds. The summed E-state index contributed by atoms with van der Waals surface area (Å²) in [5.74, 6) is -2.17. The highest BCUT2D eigenvalue weighted by Crippen LogP contribution is 2.34. The number of rotatable bonds is 2. The summed E-state index contributed by atoms with van der Waals surface area (Å²) in [6, 6.07) is 5.95. The second-order valence-electron chi connectivity index (χ2n) is 6.28. The molecule has 0 bridgehead atoms. The van der Waals surface area contributed by atoms with E-state index < -0.39 is 41.4 Å². The van der Waals surface area contributed by atoms with Gasteiger partial charge in [-0.15, -0.1) is 13.2 Å². The van der Waals surface area contributed by atoms with E-state index in [0.29, 0.717) is 5.69 Å². The largest absolute Gasteiger partial charge is 0.489 e. The topological polar surface area (TPSA) is 80.0 Å². The van der Waals surface area contributed by atoms with E-state index in [1.807, 2.05) is 0 Å². The second kappa shape index (κ2) is 6.76. The van der Waals surface area contributed by atoms with Gasteiger partial charge in [0.15, 0.2) is 17.4 Å². The Morgan fingerprint density at radius 2 is 2.00 bits per heavy atom. The number of ether oxygens (including phenoxy) is 1. The van der Waals surface area contributed by atoms with Crippen molar-refractivity contribution in [1.29, 1.82) is 0 Å². The molecule has 0 N–H and O–H groups in total. The molecule has 1 aliphatic heterocycles. The molecule has 0 aliphatic carbocycles. The molecule has 3 aromatic rings. The Morgan fingerprint density at radius 3 is 2.76 bits per heavy atom. The lowest BCUT2D eigenvalue weighted by Gasteiger charge is -2.31. The number of carbonyl (C=O) groups is 2. The average molecular weight is 405 g/mol. The summed E-state index contributed by atoms with van der Waals surface area (Å²) in [6.07, 6.45) is -1.15. The highest BCUT2D eigenvalue weighted by Gasteiger charge is 2.51. The minimum atomic E-state index is -5.15. The SMILES string of the molecule is CN1C(=O)[C@@H](N(C(=O)c2ncn3cccnc23)C(F)(F)F)COc2ccccc21. The van der Waals surface area contributed by atoms with Crippen LogP contribution in [-0.2, 0) is 4.79 Å². The van der Waals surface area contributed by atoms with Gasteiger partial charge in [-0.2, -0.15) is 0 Å². The third kappa shape index (κ3) is 3.13. The van der Waals surface area contributed by atoms with Crippen molar-refractivity contribution in [2.45, 2.75) is 12.3 Å². The zero-order valence-electron chi connectivity index (χ0n) is 15.0. The van der Waals surface area contributed by atoms with Crippen molar-refractivity contribution in [2.75, 3.05) is 18.6 Å². The van der Waals surface area contributed by atoms with Crippen LogP contribution in [0.3, 0.4) is 0 Å². The Hall–Kier alpha value is -3.63. The molecule has 1 atom stereocenters. The van der Waals surface area contributed by atoms with Gasteiger partial charge >= 0.3 is 6.30 Å². The lowest BCUT2D eigenvalue weighted by atomic mass is 10.2. The van der Waals surface area contributed by atoms with Crippen molar-refractivity contribution >= 4 is 23.1 Å². The summed E-state index contributed by atoms with van der Waals surface area (Å²) in [6.45, 7) is -0.662. The molecule has 8 nitrogen and oxygen atoms in total. The zero-order valence-corrected chi connectivity index (χ0v) is 15.0. The third-order valence-corrected chi connectivity index (χ3v) is 4.54. The number of alkyl halides is 3. The average Bonchev–Trinajstić information content (AvgIpc) is 3.08. The lowest BCUT2D eigenvalue weighted by molar-refractivity contribution is -0.237. The number of carbonyl (C=O) groups excluding carboxylic acids is 2. The van der Waals surface area contributed by atoms with Gasteiger partial charge in [-0.05, 0) is 18.2 Å². The van der Waals surface area contributed by atoms with Crippen LogP contribution in [0.1, 0.15) is 10.5 Å². The molecule has 1 aliphatic rings. The summed E-state index contributed by atoms with van der Waals surface area (Å²) in [4.78, 5) is 34.0. The first-order valence-corrected chi connectivity index (χ1v) is 8.46. The number of aromatic nitrogens is 3. The maximum Gasteiger partial charge on any atom is 0.488 e. The standard InChI is InChI=1S/C18H14F3N5O3/c1-24-11-5-2-3-6-13(11)29-9-12(16(24)27)26(18(19,20)21)17(28)14-15-22-7-4-8-25(15)10-23-14/h2-8,10,12H,9H2,1H3/t12-/m0/s1. The first-order valence-electron chi connectivity index (χ1n) is 8.46. The van der Waals surface area contributed by atoms with Crippen molar-refractivity contribution in [3.63, 3.8) is 0 Å². The summed E-state index contributed by atoms with van der Waals surface area (Å²) in [5.41, 5.74) is -0.255. The molecule has 0 saturated carbocycles. The van der Waals surface area contributed by atoms with E-state index in [2.05, 4.69) is 9.97 Å². The van der Waals surface area contributed by atoms with E-state index in [-0.39, 0.29) is 11.4 Å². The van der Waals surface area contributed by atoms with Gasteiger partial charge in [0.05, 0.1) is 5.69 Å². The van der Waals surface area contributed by atoms with Crippen LogP contribution in [-0.4, -0.2) is 57.1 Å². The second-order valence-corrected chi connectivity index (χ2v) is 6.28. The number of imidazole rings is 1. The number of para-hydroxylation sites is 2. The highest BCUT2D eigenvalue weighted by atomic mass is 19.4. The van der Waals surface area contributed by atoms with Gasteiger partial charge in [-0.3, -0.25) is 14.0 Å². The van der Waals surface area contributed by atoms with E-state index in [0.717, 1.165) is 4.90 Å². The van der Waals surface area contributed by atoms with Gasteiger partial charge in [-0.25, -0.2) is 14.9 Å². The molecule has 4 rings (SSSR count). The third-order valence-electron chi connectivity index (χ3n) is 4.54. The summed E-state index contributed by atoms with van der Waals surface area (Å²) < 4.78 is 48.5. The van der Waals surface area contributed by atoms with Crippen molar-refractivity contribution < 1.29 is 27.5 Å². The molecular weight excluding hydrogens is 391 g/mol. The minimum absolute atomic E-state index is 0.0506. The van der Waals surface area contributed by atoms with E-state index in [1.165, 1.54) is 36.2 Å². The predicted octanol–water partition coefficient (Wildman–Crippen LogP) is 2.12. The van der Waals surface area contributed by atoms with Gasteiger partial charge in [0.25, 0.3) is 11.8 Å². The molecule has 29 heavy (non-hydrogen) atoms. The first-order chi connectivity index (χ1) is 13.8. The lowest BCUT2D eigenvalue weighted by Crippen LogP contribution is -2.57. The fourth-order valence-corrected chi connectivity index (χ4v) is 3.16. The van der Waals surface area contributed by atoms with Crippen LogP contribution in [0, 0.1) is 0 Å². The van der Waals surface area contributed by atoms with Crippen molar-refractivity contribution in [2.24, 2.45) is 0 Å². The maximum atomic E-state index is 13.9. The van der Waals surface area contributed by atoms with E-state index >= 15 is 0 Å². The van der Waals surface area contributed by atoms with Gasteiger partial charge < -0.3 is 9.64 Å². The number of hydrogen-bond donors (Lipinski definition) is 0. The number of hydrogen-bond acceptors (Lipinski definition) is 5. The number of fused-ring (bicyclic) bond motifs is 2. The van der Waals surface area contributed by atoms with Crippen LogP contribution in [0.25, 0.3) is 5.65 Å². The van der Waals surface area contributed by atoms with E-state index in [1.54, 1.807) is 24.3 Å². The summed E-state index contributed by atoms with van der Waals surface area (Å²) >= 11 is 0. The fraction of sp³-hybridized carbons (Fsp3) is 0.222. The molecule has 2 aromatic heterocycles. The van der Waals surface area contributed by atoms with Crippen LogP contribution in [0.4, 0.5) is 18.9 Å². The summed E-state index contributed by atoms with van der Waals surface area (Å²) in [5, 5.41) is 0. The van der Waals surface area contributed by atoms with Crippen LogP contribution in [0.2, 0.25) is 0 Å². The molecule has 11 heteroatoms. The monoisotopic (exact) mass is 405 g/mol. The molecule has 0 unspecified atom stereocenters. The number of likely N-dealkylation sites (N-methyl/N-ethyl adjacent to an activating group) is 1. The number of nitrogens with zero attached hydrogens (tertiary/aromatic N) is 5. The predicted molar refractivity (Wildman–Crippen MR) is 94.3 cm³/mol. The van der Waals surface area contributed by atoms with Crippen LogP contribution in [0.15, 0.2) is 49.1 Å². The Balaban J connectivity index is 1.76. The van der Waals surface area contributed by atoms with E-state index in [4.69, 9.17) is 4.74 Å². The van der Waals surface area contributed by atoms with Gasteiger partial charge in [0.1, 0.15) is 18.7 Å². The molecular formula is C18H14F3N5O3. The number of benzene rings is 1. The molecule has 0 saturated heterocycles. The first kappa shape index (κ1) is 18.7. The fourth-order valence-electron chi connectivity index (χ4n) is 3.16. The van der Waals surface area contributed by atoms with Crippen molar-refractivity contribution in [3.05, 3.63) is 54.7 Å². The smallest absolute Gasteiger partial charge is 0.488 e. The summed E-state index contributed by atoms with van der Waals surface area (Å²) in [7, 11) is 1.33. The van der Waals surface area contributed by atoms with Crippen LogP contribution >= 0.6 is 0 Å².